The van der Waals surface area contributed by atoms with Gasteiger partial charge >= 0.3 is 5.97 Å². The minimum absolute atomic E-state index is 0.132. The maximum Gasteiger partial charge on any atom is 0.326 e. The lowest BCUT2D eigenvalue weighted by Gasteiger charge is -2.28. The maximum absolute atomic E-state index is 13.0. The van der Waals surface area contributed by atoms with Crippen LogP contribution in [0.5, 0.6) is 5.75 Å². The fourth-order valence-corrected chi connectivity index (χ4v) is 3.80. The first-order chi connectivity index (χ1) is 13.3. The summed E-state index contributed by atoms with van der Waals surface area (Å²) in [5, 5.41) is 14.4. The van der Waals surface area contributed by atoms with E-state index in [1.807, 2.05) is 38.1 Å². The minimum atomic E-state index is -1.07. The molecule has 28 heavy (non-hydrogen) atoms. The van der Waals surface area contributed by atoms with Crippen molar-refractivity contribution in [2.24, 2.45) is 5.92 Å². The van der Waals surface area contributed by atoms with Crippen molar-refractivity contribution in [1.82, 2.24) is 10.6 Å². The van der Waals surface area contributed by atoms with Crippen molar-refractivity contribution in [3.8, 4) is 5.75 Å². The van der Waals surface area contributed by atoms with Crippen LogP contribution in [0.15, 0.2) is 24.3 Å². The predicted molar refractivity (Wildman–Crippen MR) is 105 cm³/mol. The Morgan fingerprint density at radius 3 is 2.25 bits per heavy atom. The van der Waals surface area contributed by atoms with Gasteiger partial charge in [0, 0.05) is 0 Å². The molecule has 0 aromatic heterocycles. The number of methoxy groups -OCH3 is 1. The predicted octanol–water partition coefficient (Wildman–Crippen LogP) is 2.24. The molecule has 7 heteroatoms. The second-order valence-electron chi connectivity index (χ2n) is 7.79. The van der Waals surface area contributed by atoms with Gasteiger partial charge in [-0.15, -0.1) is 0 Å². The van der Waals surface area contributed by atoms with Crippen LogP contribution in [0.3, 0.4) is 0 Å². The van der Waals surface area contributed by atoms with Gasteiger partial charge in [0.05, 0.1) is 19.1 Å². The van der Waals surface area contributed by atoms with E-state index in [1.165, 1.54) is 0 Å². The van der Waals surface area contributed by atoms with E-state index in [0.29, 0.717) is 6.42 Å². The standard InChI is InChI=1S/C21H30N2O5/c1-14(2)12-17(19(25)26)23-18(24)13-22-20(27)21(10-4-5-11-21)15-6-8-16(28-3)9-7-15/h6-9,14,17H,4-5,10-13H2,1-3H3,(H,22,27)(H,23,24)(H,25,26)/t17-/m0/s1. The molecule has 3 N–H and O–H groups in total. The number of rotatable bonds is 9. The van der Waals surface area contributed by atoms with Gasteiger partial charge in [0.25, 0.3) is 0 Å². The van der Waals surface area contributed by atoms with Crippen LogP contribution < -0.4 is 15.4 Å². The first-order valence-electron chi connectivity index (χ1n) is 9.73. The highest BCUT2D eigenvalue weighted by Crippen LogP contribution is 2.41. The van der Waals surface area contributed by atoms with Crippen molar-refractivity contribution in [2.45, 2.75) is 57.4 Å². The van der Waals surface area contributed by atoms with Crippen LogP contribution in [-0.2, 0) is 19.8 Å². The van der Waals surface area contributed by atoms with Gasteiger partial charge in [0.15, 0.2) is 0 Å². The van der Waals surface area contributed by atoms with Crippen LogP contribution in [0, 0.1) is 5.92 Å². The van der Waals surface area contributed by atoms with Gasteiger partial charge in [-0.3, -0.25) is 9.59 Å². The number of carbonyl (C=O) groups is 3. The molecule has 0 spiro atoms. The second kappa shape index (κ2) is 9.57. The molecule has 1 fully saturated rings. The molecule has 1 aliphatic rings. The zero-order valence-corrected chi connectivity index (χ0v) is 16.8. The SMILES string of the molecule is COc1ccc(C2(C(=O)NCC(=O)N[C@@H](CC(C)C)C(=O)O)CCCC2)cc1. The molecule has 154 valence electrons. The molecule has 1 saturated carbocycles. The van der Waals surface area contributed by atoms with Gasteiger partial charge in [0.1, 0.15) is 11.8 Å². The number of amides is 2. The third kappa shape index (κ3) is 5.24. The third-order valence-corrected chi connectivity index (χ3v) is 5.28. The number of hydrogen-bond donors (Lipinski definition) is 3. The quantitative estimate of drug-likeness (QED) is 0.600. The van der Waals surface area contributed by atoms with Crippen LogP contribution in [0.4, 0.5) is 0 Å². The smallest absolute Gasteiger partial charge is 0.326 e. The summed E-state index contributed by atoms with van der Waals surface area (Å²) in [6.45, 7) is 3.55. The molecule has 0 heterocycles. The Kier molecular flexibility index (Phi) is 7.43. The molecule has 1 atom stereocenters. The van der Waals surface area contributed by atoms with Gasteiger partial charge in [-0.05, 0) is 42.9 Å². The van der Waals surface area contributed by atoms with E-state index in [-0.39, 0.29) is 18.4 Å². The van der Waals surface area contributed by atoms with Gasteiger partial charge in [-0.2, -0.15) is 0 Å². The number of nitrogens with one attached hydrogen (secondary N) is 2. The fourth-order valence-electron chi connectivity index (χ4n) is 3.80. The Balaban J connectivity index is 2.02. The molecule has 0 bridgehead atoms. The van der Waals surface area contributed by atoms with Crippen LogP contribution in [-0.4, -0.2) is 42.6 Å². The summed E-state index contributed by atoms with van der Waals surface area (Å²) in [4.78, 5) is 36.5. The van der Waals surface area contributed by atoms with Crippen molar-refractivity contribution in [3.05, 3.63) is 29.8 Å². The van der Waals surface area contributed by atoms with Crippen molar-refractivity contribution in [3.63, 3.8) is 0 Å². The Hall–Kier alpha value is -2.57. The summed E-state index contributed by atoms with van der Waals surface area (Å²) in [5.41, 5.74) is 0.253. The Bertz CT molecular complexity index is 693. The third-order valence-electron chi connectivity index (χ3n) is 5.28. The number of benzene rings is 1. The van der Waals surface area contributed by atoms with Crippen molar-refractivity contribution < 1.29 is 24.2 Å². The van der Waals surface area contributed by atoms with E-state index in [0.717, 1.165) is 37.0 Å². The summed E-state index contributed by atoms with van der Waals surface area (Å²) in [7, 11) is 1.59. The van der Waals surface area contributed by atoms with Crippen LogP contribution >= 0.6 is 0 Å². The summed E-state index contributed by atoms with van der Waals surface area (Å²) in [6.07, 6.45) is 3.67. The van der Waals surface area contributed by atoms with Crippen molar-refractivity contribution in [1.29, 1.82) is 0 Å². The molecule has 2 rings (SSSR count). The van der Waals surface area contributed by atoms with E-state index in [9.17, 15) is 19.5 Å². The average Bonchev–Trinajstić information content (AvgIpc) is 3.16. The van der Waals surface area contributed by atoms with Crippen LogP contribution in [0.1, 0.15) is 51.5 Å². The zero-order chi connectivity index (χ0) is 20.7. The minimum Gasteiger partial charge on any atom is -0.497 e. The van der Waals surface area contributed by atoms with Crippen molar-refractivity contribution in [2.75, 3.05) is 13.7 Å². The number of hydrogen-bond acceptors (Lipinski definition) is 4. The van der Waals surface area contributed by atoms with Crippen LogP contribution in [0.25, 0.3) is 0 Å². The topological polar surface area (TPSA) is 105 Å². The Morgan fingerprint density at radius 1 is 1.14 bits per heavy atom. The van der Waals surface area contributed by atoms with Gasteiger partial charge < -0.3 is 20.5 Å². The molecule has 1 aliphatic carbocycles. The summed E-state index contributed by atoms with van der Waals surface area (Å²) in [6, 6.07) is 6.50. The van der Waals surface area contributed by atoms with E-state index >= 15 is 0 Å². The number of carboxylic acid groups (broad SMARTS) is 1. The molecular weight excluding hydrogens is 360 g/mol. The molecule has 7 nitrogen and oxygen atoms in total. The largest absolute Gasteiger partial charge is 0.497 e. The monoisotopic (exact) mass is 390 g/mol. The van der Waals surface area contributed by atoms with E-state index < -0.39 is 23.3 Å². The Labute approximate surface area is 165 Å². The molecular formula is C21H30N2O5. The highest BCUT2D eigenvalue weighted by molar-refractivity contribution is 5.92. The average molecular weight is 390 g/mol. The summed E-state index contributed by atoms with van der Waals surface area (Å²) < 4.78 is 5.19. The van der Waals surface area contributed by atoms with Gasteiger partial charge in [-0.1, -0.05) is 38.8 Å². The van der Waals surface area contributed by atoms with Gasteiger partial charge in [-0.25, -0.2) is 4.79 Å². The Morgan fingerprint density at radius 2 is 1.75 bits per heavy atom. The lowest BCUT2D eigenvalue weighted by atomic mass is 9.78. The lowest BCUT2D eigenvalue weighted by Crippen LogP contribution is -2.49. The summed E-state index contributed by atoms with van der Waals surface area (Å²) >= 11 is 0. The molecule has 0 radical (unpaired) electrons. The van der Waals surface area contributed by atoms with E-state index in [4.69, 9.17) is 4.74 Å². The molecule has 1 aromatic rings. The number of carboxylic acids is 1. The lowest BCUT2D eigenvalue weighted by molar-refractivity contribution is -0.142. The van der Waals surface area contributed by atoms with E-state index in [2.05, 4.69) is 10.6 Å². The number of aliphatic carboxylic acids is 1. The second-order valence-corrected chi connectivity index (χ2v) is 7.79. The molecule has 0 saturated heterocycles. The molecule has 0 aliphatic heterocycles. The fraction of sp³-hybridized carbons (Fsp3) is 0.571. The molecule has 1 aromatic carbocycles. The highest BCUT2D eigenvalue weighted by atomic mass is 16.5. The van der Waals surface area contributed by atoms with Gasteiger partial charge in [0.2, 0.25) is 11.8 Å². The first-order valence-corrected chi connectivity index (χ1v) is 9.73. The summed E-state index contributed by atoms with van der Waals surface area (Å²) in [5.74, 6) is -0.904. The number of ether oxygens (including phenoxy) is 1. The van der Waals surface area contributed by atoms with E-state index in [1.54, 1.807) is 7.11 Å². The van der Waals surface area contributed by atoms with Crippen LogP contribution in [0.2, 0.25) is 0 Å². The molecule has 2 amide bonds. The maximum atomic E-state index is 13.0. The normalized spacial score (nSPS) is 16.4. The first kappa shape index (κ1) is 21.7. The number of carbonyl (C=O) groups excluding carboxylic acids is 2. The molecule has 0 unspecified atom stereocenters. The highest BCUT2D eigenvalue weighted by Gasteiger charge is 2.42. The zero-order valence-electron chi connectivity index (χ0n) is 16.8. The van der Waals surface area contributed by atoms with Crippen molar-refractivity contribution >= 4 is 17.8 Å².